The van der Waals surface area contributed by atoms with Gasteiger partial charge in [-0.15, -0.1) is 0 Å². The van der Waals surface area contributed by atoms with Crippen LogP contribution in [0.1, 0.15) is 0 Å². The monoisotopic (exact) mass is 360 g/mol. The number of methoxy groups -OCH3 is 1. The van der Waals surface area contributed by atoms with Gasteiger partial charge in [-0.25, -0.2) is 4.98 Å². The molecule has 0 radical (unpaired) electrons. The van der Waals surface area contributed by atoms with Gasteiger partial charge in [0, 0.05) is 38.1 Å². The molecule has 0 bridgehead atoms. The molecule has 0 spiro atoms. The molecule has 1 amide bonds. The average molecular weight is 361 g/mol. The highest BCUT2D eigenvalue weighted by atomic mass is 35.5. The third-order valence-electron chi connectivity index (χ3n) is 4.20. The van der Waals surface area contributed by atoms with Gasteiger partial charge in [0.2, 0.25) is 5.91 Å². The van der Waals surface area contributed by atoms with Gasteiger partial charge < -0.3 is 19.9 Å². The lowest BCUT2D eigenvalue weighted by molar-refractivity contribution is -0.129. The molecule has 25 heavy (non-hydrogen) atoms. The van der Waals surface area contributed by atoms with Crippen molar-refractivity contribution in [2.45, 2.75) is 0 Å². The summed E-state index contributed by atoms with van der Waals surface area (Å²) in [5.41, 5.74) is 0.797. The van der Waals surface area contributed by atoms with E-state index in [1.807, 2.05) is 29.2 Å². The van der Waals surface area contributed by atoms with Gasteiger partial charge in [-0.05, 0) is 30.3 Å². The second kappa shape index (κ2) is 8.07. The molecule has 1 aliphatic heterocycles. The summed E-state index contributed by atoms with van der Waals surface area (Å²) in [5, 5.41) is 3.64. The number of ether oxygens (including phenoxy) is 1. The highest BCUT2D eigenvalue weighted by molar-refractivity contribution is 6.32. The minimum absolute atomic E-state index is 0.0765. The van der Waals surface area contributed by atoms with Gasteiger partial charge in [0.15, 0.2) is 0 Å². The molecule has 3 rings (SSSR count). The molecule has 1 aromatic heterocycles. The summed E-state index contributed by atoms with van der Waals surface area (Å²) >= 11 is 6.10. The lowest BCUT2D eigenvalue weighted by Gasteiger charge is -2.35. The van der Waals surface area contributed by atoms with Gasteiger partial charge in [-0.1, -0.05) is 17.7 Å². The number of hydrogen-bond donors (Lipinski definition) is 1. The van der Waals surface area contributed by atoms with E-state index >= 15 is 0 Å². The molecule has 7 heteroatoms. The molecule has 0 saturated carbocycles. The normalized spacial score (nSPS) is 14.3. The Morgan fingerprint density at radius 1 is 1.24 bits per heavy atom. The number of nitrogens with one attached hydrogen (secondary N) is 1. The van der Waals surface area contributed by atoms with Crippen molar-refractivity contribution in [2.75, 3.05) is 50.1 Å². The Hall–Kier alpha value is -2.47. The highest BCUT2D eigenvalue weighted by Crippen LogP contribution is 2.27. The number of rotatable bonds is 5. The standard InChI is InChI=1S/C18H21ClN4O2/c1-25-16-6-5-14(12-15(16)19)21-13-18(24)23-10-8-22(9-11-23)17-4-2-3-7-20-17/h2-7,12,21H,8-11,13H2,1H3. The summed E-state index contributed by atoms with van der Waals surface area (Å²) in [6.07, 6.45) is 1.79. The van der Waals surface area contributed by atoms with E-state index in [4.69, 9.17) is 16.3 Å². The van der Waals surface area contributed by atoms with Crippen molar-refractivity contribution in [3.63, 3.8) is 0 Å². The van der Waals surface area contributed by atoms with E-state index in [1.165, 1.54) is 0 Å². The molecule has 6 nitrogen and oxygen atoms in total. The molecule has 2 heterocycles. The number of carbonyl (C=O) groups is 1. The van der Waals surface area contributed by atoms with E-state index in [0.29, 0.717) is 23.9 Å². The molecule has 1 aromatic carbocycles. The molecule has 1 fully saturated rings. The summed E-state index contributed by atoms with van der Waals surface area (Å²) in [5.74, 6) is 1.65. The molecule has 0 unspecified atom stereocenters. The lowest BCUT2D eigenvalue weighted by atomic mass is 10.2. The van der Waals surface area contributed by atoms with Gasteiger partial charge in [-0.2, -0.15) is 0 Å². The number of halogens is 1. The fraction of sp³-hybridized carbons (Fsp3) is 0.333. The van der Waals surface area contributed by atoms with E-state index in [-0.39, 0.29) is 12.5 Å². The Balaban J connectivity index is 1.49. The summed E-state index contributed by atoms with van der Waals surface area (Å²) < 4.78 is 5.12. The van der Waals surface area contributed by atoms with Crippen molar-refractivity contribution in [1.82, 2.24) is 9.88 Å². The van der Waals surface area contributed by atoms with Crippen LogP contribution in [0.3, 0.4) is 0 Å². The molecule has 2 aromatic rings. The number of piperazine rings is 1. The maximum Gasteiger partial charge on any atom is 0.241 e. The zero-order chi connectivity index (χ0) is 17.6. The lowest BCUT2D eigenvalue weighted by Crippen LogP contribution is -2.50. The molecule has 0 aliphatic carbocycles. The fourth-order valence-corrected chi connectivity index (χ4v) is 3.05. The van der Waals surface area contributed by atoms with Crippen molar-refractivity contribution < 1.29 is 9.53 Å². The number of anilines is 2. The second-order valence-electron chi connectivity index (χ2n) is 5.76. The third-order valence-corrected chi connectivity index (χ3v) is 4.50. The number of amides is 1. The zero-order valence-electron chi connectivity index (χ0n) is 14.1. The van der Waals surface area contributed by atoms with Crippen molar-refractivity contribution in [1.29, 1.82) is 0 Å². The first-order valence-electron chi connectivity index (χ1n) is 8.18. The van der Waals surface area contributed by atoms with Crippen LogP contribution in [0.4, 0.5) is 11.5 Å². The van der Waals surface area contributed by atoms with Gasteiger partial charge in [0.1, 0.15) is 11.6 Å². The van der Waals surface area contributed by atoms with Crippen molar-refractivity contribution in [3.05, 3.63) is 47.6 Å². The molecular formula is C18H21ClN4O2. The number of aromatic nitrogens is 1. The maximum absolute atomic E-state index is 12.4. The van der Waals surface area contributed by atoms with Crippen LogP contribution in [0.25, 0.3) is 0 Å². The van der Waals surface area contributed by atoms with E-state index in [9.17, 15) is 4.79 Å². The van der Waals surface area contributed by atoms with E-state index in [0.717, 1.165) is 24.6 Å². The number of nitrogens with zero attached hydrogens (tertiary/aromatic N) is 3. The number of benzene rings is 1. The Morgan fingerprint density at radius 3 is 2.68 bits per heavy atom. The molecule has 1 aliphatic rings. The first-order valence-corrected chi connectivity index (χ1v) is 8.56. The average Bonchev–Trinajstić information content (AvgIpc) is 2.67. The van der Waals surface area contributed by atoms with Crippen LogP contribution >= 0.6 is 11.6 Å². The van der Waals surface area contributed by atoms with Gasteiger partial charge >= 0.3 is 0 Å². The van der Waals surface area contributed by atoms with Crippen LogP contribution in [0, 0.1) is 0 Å². The van der Waals surface area contributed by atoms with Crippen LogP contribution in [0.2, 0.25) is 5.02 Å². The SMILES string of the molecule is COc1ccc(NCC(=O)N2CCN(c3ccccn3)CC2)cc1Cl. The second-order valence-corrected chi connectivity index (χ2v) is 6.17. The summed E-state index contributed by atoms with van der Waals surface area (Å²) in [6.45, 7) is 3.21. The van der Waals surface area contributed by atoms with Crippen LogP contribution in [0.5, 0.6) is 5.75 Å². The first kappa shape index (κ1) is 17.4. The largest absolute Gasteiger partial charge is 0.495 e. The Morgan fingerprint density at radius 2 is 2.04 bits per heavy atom. The van der Waals surface area contributed by atoms with Crippen LogP contribution in [0.15, 0.2) is 42.6 Å². The minimum Gasteiger partial charge on any atom is -0.495 e. The Labute approximate surface area is 152 Å². The molecule has 1 saturated heterocycles. The smallest absolute Gasteiger partial charge is 0.241 e. The van der Waals surface area contributed by atoms with E-state index in [2.05, 4.69) is 15.2 Å². The highest BCUT2D eigenvalue weighted by Gasteiger charge is 2.21. The topological polar surface area (TPSA) is 57.7 Å². The quantitative estimate of drug-likeness (QED) is 0.887. The first-order chi connectivity index (χ1) is 12.2. The van der Waals surface area contributed by atoms with Crippen molar-refractivity contribution >= 4 is 29.0 Å². The number of carbonyl (C=O) groups excluding carboxylic acids is 1. The predicted octanol–water partition coefficient (Wildman–Crippen LogP) is 2.50. The van der Waals surface area contributed by atoms with Gasteiger partial charge in [0.05, 0.1) is 18.7 Å². The molecule has 132 valence electrons. The minimum atomic E-state index is 0.0765. The van der Waals surface area contributed by atoms with Crippen LogP contribution in [-0.4, -0.2) is 55.6 Å². The zero-order valence-corrected chi connectivity index (χ0v) is 14.9. The van der Waals surface area contributed by atoms with Crippen LogP contribution in [-0.2, 0) is 4.79 Å². The van der Waals surface area contributed by atoms with E-state index in [1.54, 1.807) is 25.4 Å². The van der Waals surface area contributed by atoms with Crippen molar-refractivity contribution in [2.24, 2.45) is 0 Å². The molecule has 0 atom stereocenters. The summed E-state index contributed by atoms with van der Waals surface area (Å²) in [6, 6.07) is 11.3. The predicted molar refractivity (Wildman–Crippen MR) is 99.5 cm³/mol. The fourth-order valence-electron chi connectivity index (χ4n) is 2.79. The van der Waals surface area contributed by atoms with E-state index < -0.39 is 0 Å². The Bertz CT molecular complexity index is 718. The van der Waals surface area contributed by atoms with Crippen molar-refractivity contribution in [3.8, 4) is 5.75 Å². The van der Waals surface area contributed by atoms with Gasteiger partial charge in [0.25, 0.3) is 0 Å². The number of hydrogen-bond acceptors (Lipinski definition) is 5. The maximum atomic E-state index is 12.4. The molecular weight excluding hydrogens is 340 g/mol. The third kappa shape index (κ3) is 4.33. The van der Waals surface area contributed by atoms with Gasteiger partial charge in [-0.3, -0.25) is 4.79 Å². The molecule has 1 N–H and O–H groups in total. The Kier molecular flexibility index (Phi) is 5.60. The summed E-state index contributed by atoms with van der Waals surface area (Å²) in [4.78, 5) is 20.8. The number of pyridine rings is 1. The summed E-state index contributed by atoms with van der Waals surface area (Å²) in [7, 11) is 1.57. The van der Waals surface area contributed by atoms with Crippen LogP contribution < -0.4 is 15.0 Å².